The van der Waals surface area contributed by atoms with Gasteiger partial charge in [-0.15, -0.1) is 0 Å². The van der Waals surface area contributed by atoms with Gasteiger partial charge in [0.05, 0.1) is 29.9 Å². The Hall–Kier alpha value is -1.86. The molecule has 0 radical (unpaired) electrons. The largest absolute Gasteiger partial charge is 0.378 e. The number of unbranched alkanes of at least 4 members (excludes halogenated alkanes) is 3. The maximum atomic E-state index is 13.0. The number of thioether (sulfide) groups is 1. The van der Waals surface area contributed by atoms with Gasteiger partial charge < -0.3 is 9.64 Å². The minimum absolute atomic E-state index is 0.0154. The normalized spacial score (nSPS) is 14.6. The third kappa shape index (κ3) is 5.11. The number of morpholine rings is 1. The fourth-order valence-corrected chi connectivity index (χ4v) is 4.11. The van der Waals surface area contributed by atoms with E-state index in [0.717, 1.165) is 25.7 Å². The molecule has 0 saturated carbocycles. The molecule has 1 saturated heterocycles. The van der Waals surface area contributed by atoms with E-state index in [0.29, 0.717) is 54.7 Å². The van der Waals surface area contributed by atoms with Gasteiger partial charge in [0.1, 0.15) is 0 Å². The number of fused-ring (bicyclic) bond motifs is 1. The molecular weight excluding hydrogens is 362 g/mol. The fraction of sp³-hybridized carbons (Fsp3) is 0.550. The molecule has 0 bridgehead atoms. The van der Waals surface area contributed by atoms with E-state index < -0.39 is 0 Å². The Kier molecular flexibility index (Phi) is 7.29. The molecule has 0 N–H and O–H groups in total. The van der Waals surface area contributed by atoms with Crippen LogP contribution in [0.5, 0.6) is 0 Å². The smallest absolute Gasteiger partial charge is 0.262 e. The Morgan fingerprint density at radius 3 is 2.74 bits per heavy atom. The second-order valence-electron chi connectivity index (χ2n) is 6.71. The average molecular weight is 390 g/mol. The van der Waals surface area contributed by atoms with Crippen LogP contribution in [-0.4, -0.2) is 52.4 Å². The quantitative estimate of drug-likeness (QED) is 0.395. The molecule has 1 aliphatic rings. The molecule has 0 atom stereocenters. The molecule has 2 heterocycles. The van der Waals surface area contributed by atoms with Gasteiger partial charge in [0.15, 0.2) is 5.16 Å². The number of hydrogen-bond donors (Lipinski definition) is 0. The third-order valence-corrected chi connectivity index (χ3v) is 5.71. The highest BCUT2D eigenvalue weighted by atomic mass is 32.2. The highest BCUT2D eigenvalue weighted by Crippen LogP contribution is 2.19. The monoisotopic (exact) mass is 389 g/mol. The van der Waals surface area contributed by atoms with E-state index in [-0.39, 0.29) is 11.5 Å². The number of carbonyl (C=O) groups is 1. The van der Waals surface area contributed by atoms with Crippen molar-refractivity contribution >= 4 is 28.6 Å². The van der Waals surface area contributed by atoms with Crippen LogP contribution in [0.1, 0.15) is 32.6 Å². The van der Waals surface area contributed by atoms with Gasteiger partial charge in [-0.25, -0.2) is 4.98 Å². The van der Waals surface area contributed by atoms with E-state index in [9.17, 15) is 9.59 Å². The zero-order valence-electron chi connectivity index (χ0n) is 15.9. The molecule has 1 aromatic carbocycles. The van der Waals surface area contributed by atoms with Crippen molar-refractivity contribution in [1.29, 1.82) is 0 Å². The number of ether oxygens (including phenoxy) is 1. The van der Waals surface area contributed by atoms with Crippen LogP contribution < -0.4 is 5.56 Å². The zero-order valence-corrected chi connectivity index (χ0v) is 16.7. The number of para-hydroxylation sites is 1. The van der Waals surface area contributed by atoms with Gasteiger partial charge in [-0.05, 0) is 18.6 Å². The van der Waals surface area contributed by atoms with E-state index in [4.69, 9.17) is 4.74 Å². The lowest BCUT2D eigenvalue weighted by atomic mass is 10.2. The molecule has 3 rings (SSSR count). The first-order valence-corrected chi connectivity index (χ1v) is 10.7. The van der Waals surface area contributed by atoms with Crippen molar-refractivity contribution in [2.45, 2.75) is 44.3 Å². The van der Waals surface area contributed by atoms with Crippen LogP contribution in [0.4, 0.5) is 0 Å². The van der Waals surface area contributed by atoms with Crippen molar-refractivity contribution in [3.63, 3.8) is 0 Å². The Morgan fingerprint density at radius 1 is 1.19 bits per heavy atom. The summed E-state index contributed by atoms with van der Waals surface area (Å²) >= 11 is 1.36. The minimum Gasteiger partial charge on any atom is -0.378 e. The number of benzene rings is 1. The van der Waals surface area contributed by atoms with E-state index in [1.807, 2.05) is 29.2 Å². The Bertz CT molecular complexity index is 831. The van der Waals surface area contributed by atoms with Crippen LogP contribution in [0, 0.1) is 0 Å². The van der Waals surface area contributed by atoms with Gasteiger partial charge in [0, 0.05) is 19.6 Å². The summed E-state index contributed by atoms with van der Waals surface area (Å²) < 4.78 is 7.05. The molecule has 1 fully saturated rings. The first-order valence-electron chi connectivity index (χ1n) is 9.68. The van der Waals surface area contributed by atoms with Gasteiger partial charge >= 0.3 is 0 Å². The standard InChI is InChI=1S/C20H27N3O3S/c1-2-3-4-7-10-23-19(25)16-8-5-6-9-17(16)21-20(23)27-15-18(24)22-11-13-26-14-12-22/h5-6,8-9H,2-4,7,10-15H2,1H3. The second kappa shape index (κ2) is 9.90. The molecular formula is C20H27N3O3S. The van der Waals surface area contributed by atoms with Crippen molar-refractivity contribution in [2.24, 2.45) is 0 Å². The summed E-state index contributed by atoms with van der Waals surface area (Å²) in [6.45, 7) is 5.26. The van der Waals surface area contributed by atoms with Crippen LogP contribution in [0.3, 0.4) is 0 Å². The van der Waals surface area contributed by atoms with Crippen LogP contribution in [-0.2, 0) is 16.1 Å². The van der Waals surface area contributed by atoms with Gasteiger partial charge in [-0.3, -0.25) is 14.2 Å². The minimum atomic E-state index is -0.0154. The first-order chi connectivity index (χ1) is 13.2. The molecule has 2 aromatic rings. The average Bonchev–Trinajstić information content (AvgIpc) is 2.71. The summed E-state index contributed by atoms with van der Waals surface area (Å²) in [7, 11) is 0. The first kappa shape index (κ1) is 19.9. The molecule has 7 heteroatoms. The molecule has 0 unspecified atom stereocenters. The van der Waals surface area contributed by atoms with Crippen LogP contribution in [0.2, 0.25) is 0 Å². The van der Waals surface area contributed by atoms with E-state index in [1.165, 1.54) is 11.8 Å². The lowest BCUT2D eigenvalue weighted by molar-refractivity contribution is -0.132. The summed E-state index contributed by atoms with van der Waals surface area (Å²) in [5.41, 5.74) is 0.673. The van der Waals surface area contributed by atoms with Crippen molar-refractivity contribution < 1.29 is 9.53 Å². The molecule has 1 amide bonds. The van der Waals surface area contributed by atoms with Crippen molar-refractivity contribution in [2.75, 3.05) is 32.1 Å². The fourth-order valence-electron chi connectivity index (χ4n) is 3.18. The number of hydrogen-bond acceptors (Lipinski definition) is 5. The summed E-state index contributed by atoms with van der Waals surface area (Å²) in [6, 6.07) is 7.42. The predicted molar refractivity (Wildman–Crippen MR) is 108 cm³/mol. The Morgan fingerprint density at radius 2 is 1.96 bits per heavy atom. The molecule has 146 valence electrons. The topological polar surface area (TPSA) is 64.4 Å². The lowest BCUT2D eigenvalue weighted by Gasteiger charge is -2.26. The van der Waals surface area contributed by atoms with Crippen molar-refractivity contribution in [3.05, 3.63) is 34.6 Å². The Labute approximate surface area is 163 Å². The predicted octanol–water partition coefficient (Wildman–Crippen LogP) is 2.93. The molecule has 0 aliphatic carbocycles. The number of nitrogens with zero attached hydrogens (tertiary/aromatic N) is 3. The molecule has 1 aromatic heterocycles. The SMILES string of the molecule is CCCCCCn1c(SCC(=O)N2CCOCC2)nc2ccccc2c1=O. The highest BCUT2D eigenvalue weighted by molar-refractivity contribution is 7.99. The van der Waals surface area contributed by atoms with Crippen LogP contribution in [0.15, 0.2) is 34.2 Å². The molecule has 27 heavy (non-hydrogen) atoms. The van der Waals surface area contributed by atoms with Gasteiger partial charge in [0.25, 0.3) is 5.56 Å². The third-order valence-electron chi connectivity index (χ3n) is 4.75. The van der Waals surface area contributed by atoms with Gasteiger partial charge in [-0.1, -0.05) is 50.1 Å². The van der Waals surface area contributed by atoms with Crippen molar-refractivity contribution in [1.82, 2.24) is 14.5 Å². The second-order valence-corrected chi connectivity index (χ2v) is 7.65. The maximum Gasteiger partial charge on any atom is 0.262 e. The number of rotatable bonds is 8. The lowest BCUT2D eigenvalue weighted by Crippen LogP contribution is -2.41. The number of aromatic nitrogens is 2. The van der Waals surface area contributed by atoms with Crippen LogP contribution >= 0.6 is 11.8 Å². The summed E-state index contributed by atoms with van der Waals surface area (Å²) in [6.07, 6.45) is 4.35. The van der Waals surface area contributed by atoms with Crippen molar-refractivity contribution in [3.8, 4) is 0 Å². The Balaban J connectivity index is 1.78. The summed E-state index contributed by atoms with van der Waals surface area (Å²) in [4.78, 5) is 31.9. The van der Waals surface area contributed by atoms with E-state index in [1.54, 1.807) is 4.57 Å². The van der Waals surface area contributed by atoms with E-state index in [2.05, 4.69) is 11.9 Å². The summed E-state index contributed by atoms with van der Waals surface area (Å²) in [5.74, 6) is 0.364. The molecule has 1 aliphatic heterocycles. The number of carbonyl (C=O) groups excluding carboxylic acids is 1. The van der Waals surface area contributed by atoms with Crippen LogP contribution in [0.25, 0.3) is 10.9 Å². The highest BCUT2D eigenvalue weighted by Gasteiger charge is 2.19. The molecule has 0 spiro atoms. The van der Waals surface area contributed by atoms with Gasteiger partial charge in [-0.2, -0.15) is 0 Å². The van der Waals surface area contributed by atoms with Gasteiger partial charge in [0.2, 0.25) is 5.91 Å². The maximum absolute atomic E-state index is 13.0. The van der Waals surface area contributed by atoms with E-state index >= 15 is 0 Å². The molecule has 6 nitrogen and oxygen atoms in total. The number of amides is 1. The summed E-state index contributed by atoms with van der Waals surface area (Å²) in [5, 5.41) is 1.27. The zero-order chi connectivity index (χ0) is 19.1.